The summed E-state index contributed by atoms with van der Waals surface area (Å²) in [6, 6.07) is 2.59. The summed E-state index contributed by atoms with van der Waals surface area (Å²) >= 11 is 1.75. The Morgan fingerprint density at radius 2 is 2.00 bits per heavy atom. The van der Waals surface area contributed by atoms with E-state index < -0.39 is 0 Å². The van der Waals surface area contributed by atoms with Crippen LogP contribution in [0.1, 0.15) is 30.0 Å². The van der Waals surface area contributed by atoms with Crippen molar-refractivity contribution in [3.8, 4) is 0 Å². The van der Waals surface area contributed by atoms with E-state index in [4.69, 9.17) is 0 Å². The number of aromatic nitrogens is 2. The standard InChI is InChI=1S/C17H25N5S/c1-21(2)16(15-5-8-23-13-15)12-18-9-14-10-19-17(20-11-14)22-6-3-4-7-22/h5,8,10-11,13,16,18H,3-4,6-7,9,12H2,1-2H3. The Kier molecular flexibility index (Phi) is 5.59. The summed E-state index contributed by atoms with van der Waals surface area (Å²) in [5.74, 6) is 0.871. The predicted molar refractivity (Wildman–Crippen MR) is 95.9 cm³/mol. The summed E-state index contributed by atoms with van der Waals surface area (Å²) in [5, 5.41) is 7.89. The molecule has 0 spiro atoms. The molecule has 3 rings (SSSR count). The lowest BCUT2D eigenvalue weighted by molar-refractivity contribution is 0.289. The van der Waals surface area contributed by atoms with E-state index >= 15 is 0 Å². The number of thiophene rings is 1. The van der Waals surface area contributed by atoms with E-state index in [-0.39, 0.29) is 0 Å². The number of anilines is 1. The normalized spacial score (nSPS) is 16.2. The van der Waals surface area contributed by atoms with Gasteiger partial charge in [-0.25, -0.2) is 9.97 Å². The van der Waals surface area contributed by atoms with E-state index in [1.807, 2.05) is 12.4 Å². The average molecular weight is 331 g/mol. The second-order valence-corrected chi connectivity index (χ2v) is 7.03. The van der Waals surface area contributed by atoms with Crippen molar-refractivity contribution in [1.29, 1.82) is 0 Å². The highest BCUT2D eigenvalue weighted by molar-refractivity contribution is 7.07. The molecule has 1 aliphatic heterocycles. The van der Waals surface area contributed by atoms with E-state index in [0.29, 0.717) is 6.04 Å². The summed E-state index contributed by atoms with van der Waals surface area (Å²) in [6.07, 6.45) is 6.40. The molecule has 1 saturated heterocycles. The maximum absolute atomic E-state index is 4.51. The summed E-state index contributed by atoms with van der Waals surface area (Å²) in [5.41, 5.74) is 2.50. The van der Waals surface area contributed by atoms with E-state index in [9.17, 15) is 0 Å². The molecule has 3 heterocycles. The van der Waals surface area contributed by atoms with E-state index in [2.05, 4.69) is 56.0 Å². The molecule has 2 aromatic rings. The van der Waals surface area contributed by atoms with Crippen LogP contribution in [-0.4, -0.2) is 48.6 Å². The third-order valence-electron chi connectivity index (χ3n) is 4.30. The minimum absolute atomic E-state index is 0.394. The Balaban J connectivity index is 1.51. The summed E-state index contributed by atoms with van der Waals surface area (Å²) < 4.78 is 0. The van der Waals surface area contributed by atoms with Gasteiger partial charge in [0, 0.05) is 50.2 Å². The summed E-state index contributed by atoms with van der Waals surface area (Å²) in [6.45, 7) is 3.89. The van der Waals surface area contributed by atoms with Crippen LogP contribution in [0, 0.1) is 0 Å². The lowest BCUT2D eigenvalue weighted by Crippen LogP contribution is -2.30. The molecule has 1 unspecified atom stereocenters. The molecule has 6 heteroatoms. The number of nitrogens with zero attached hydrogens (tertiary/aromatic N) is 4. The number of rotatable bonds is 7. The minimum atomic E-state index is 0.394. The maximum Gasteiger partial charge on any atom is 0.225 e. The highest BCUT2D eigenvalue weighted by Gasteiger charge is 2.15. The van der Waals surface area contributed by atoms with Crippen LogP contribution in [0.15, 0.2) is 29.2 Å². The largest absolute Gasteiger partial charge is 0.341 e. The van der Waals surface area contributed by atoms with Gasteiger partial charge in [-0.2, -0.15) is 11.3 Å². The van der Waals surface area contributed by atoms with Crippen molar-refractivity contribution in [1.82, 2.24) is 20.2 Å². The monoisotopic (exact) mass is 331 g/mol. The molecule has 124 valence electrons. The zero-order valence-corrected chi connectivity index (χ0v) is 14.7. The molecule has 0 saturated carbocycles. The third kappa shape index (κ3) is 4.28. The Morgan fingerprint density at radius 1 is 1.26 bits per heavy atom. The van der Waals surface area contributed by atoms with Crippen LogP contribution >= 0.6 is 11.3 Å². The number of likely N-dealkylation sites (N-methyl/N-ethyl adjacent to an activating group) is 1. The van der Waals surface area contributed by atoms with Gasteiger partial charge in [0.15, 0.2) is 0 Å². The first-order valence-electron chi connectivity index (χ1n) is 8.19. The van der Waals surface area contributed by atoms with Crippen LogP contribution < -0.4 is 10.2 Å². The fraction of sp³-hybridized carbons (Fsp3) is 0.529. The lowest BCUT2D eigenvalue weighted by Gasteiger charge is -2.24. The smallest absolute Gasteiger partial charge is 0.225 e. The Morgan fingerprint density at radius 3 is 2.61 bits per heavy atom. The molecule has 1 atom stereocenters. The van der Waals surface area contributed by atoms with Crippen molar-refractivity contribution in [2.75, 3.05) is 38.6 Å². The molecule has 0 amide bonds. The van der Waals surface area contributed by atoms with Crippen LogP contribution in [0.3, 0.4) is 0 Å². The fourth-order valence-electron chi connectivity index (χ4n) is 2.94. The highest BCUT2D eigenvalue weighted by atomic mass is 32.1. The van der Waals surface area contributed by atoms with Gasteiger partial charge >= 0.3 is 0 Å². The Labute approximate surface area is 142 Å². The van der Waals surface area contributed by atoms with Crippen molar-refractivity contribution in [3.05, 3.63) is 40.3 Å². The van der Waals surface area contributed by atoms with Crippen LogP contribution in [0.5, 0.6) is 0 Å². The van der Waals surface area contributed by atoms with Crippen molar-refractivity contribution in [3.63, 3.8) is 0 Å². The zero-order chi connectivity index (χ0) is 16.1. The van der Waals surface area contributed by atoms with Crippen LogP contribution in [0.4, 0.5) is 5.95 Å². The zero-order valence-electron chi connectivity index (χ0n) is 13.9. The highest BCUT2D eigenvalue weighted by Crippen LogP contribution is 2.20. The van der Waals surface area contributed by atoms with Gasteiger partial charge in [-0.15, -0.1) is 0 Å². The van der Waals surface area contributed by atoms with Gasteiger partial charge in [-0.05, 0) is 49.3 Å². The second kappa shape index (κ2) is 7.86. The van der Waals surface area contributed by atoms with Crippen molar-refractivity contribution in [2.45, 2.75) is 25.4 Å². The predicted octanol–water partition coefficient (Wildman–Crippen LogP) is 2.53. The third-order valence-corrected chi connectivity index (χ3v) is 5.00. The fourth-order valence-corrected chi connectivity index (χ4v) is 3.64. The van der Waals surface area contributed by atoms with Crippen LogP contribution in [0.2, 0.25) is 0 Å². The second-order valence-electron chi connectivity index (χ2n) is 6.25. The first kappa shape index (κ1) is 16.4. The molecule has 1 aliphatic rings. The molecule has 1 fully saturated rings. The molecular formula is C17H25N5S. The van der Waals surface area contributed by atoms with Gasteiger partial charge in [0.25, 0.3) is 0 Å². The Bertz CT molecular complexity index is 576. The number of hydrogen-bond acceptors (Lipinski definition) is 6. The van der Waals surface area contributed by atoms with Crippen molar-refractivity contribution in [2.24, 2.45) is 0 Å². The SMILES string of the molecule is CN(C)C(CNCc1cnc(N2CCCC2)nc1)c1ccsc1. The number of hydrogen-bond donors (Lipinski definition) is 1. The molecule has 0 aromatic carbocycles. The van der Waals surface area contributed by atoms with E-state index in [1.54, 1.807) is 11.3 Å². The molecule has 0 radical (unpaired) electrons. The van der Waals surface area contributed by atoms with Crippen molar-refractivity contribution >= 4 is 17.3 Å². The van der Waals surface area contributed by atoms with E-state index in [1.165, 1.54) is 18.4 Å². The minimum Gasteiger partial charge on any atom is -0.341 e. The molecule has 0 bridgehead atoms. The molecule has 0 aliphatic carbocycles. The van der Waals surface area contributed by atoms with Gasteiger partial charge < -0.3 is 15.1 Å². The molecule has 5 nitrogen and oxygen atoms in total. The van der Waals surface area contributed by atoms with Crippen molar-refractivity contribution < 1.29 is 0 Å². The van der Waals surface area contributed by atoms with Gasteiger partial charge in [-0.1, -0.05) is 0 Å². The first-order valence-corrected chi connectivity index (χ1v) is 9.13. The van der Waals surface area contributed by atoms with Gasteiger partial charge in [-0.3, -0.25) is 0 Å². The molecular weight excluding hydrogens is 306 g/mol. The first-order chi connectivity index (χ1) is 11.2. The van der Waals surface area contributed by atoms with Gasteiger partial charge in [0.1, 0.15) is 0 Å². The summed E-state index contributed by atoms with van der Waals surface area (Å²) in [7, 11) is 4.25. The molecule has 2 aromatic heterocycles. The van der Waals surface area contributed by atoms with E-state index in [0.717, 1.165) is 37.7 Å². The average Bonchev–Trinajstić information content (AvgIpc) is 3.25. The van der Waals surface area contributed by atoms with Crippen LogP contribution in [0.25, 0.3) is 0 Å². The summed E-state index contributed by atoms with van der Waals surface area (Å²) in [4.78, 5) is 13.5. The van der Waals surface area contributed by atoms with Gasteiger partial charge in [0.05, 0.1) is 0 Å². The van der Waals surface area contributed by atoms with Gasteiger partial charge in [0.2, 0.25) is 5.95 Å². The van der Waals surface area contributed by atoms with Crippen LogP contribution in [-0.2, 0) is 6.54 Å². The Hall–Kier alpha value is -1.50. The maximum atomic E-state index is 4.51. The number of nitrogens with one attached hydrogen (secondary N) is 1. The lowest BCUT2D eigenvalue weighted by atomic mass is 10.1. The molecule has 1 N–H and O–H groups in total. The quantitative estimate of drug-likeness (QED) is 0.845. The topological polar surface area (TPSA) is 44.3 Å². The molecule has 23 heavy (non-hydrogen) atoms.